The number of thiophene rings is 1. The molecule has 2 aromatic heterocycles. The molecule has 10 aromatic carbocycles. The van der Waals surface area contributed by atoms with E-state index in [2.05, 4.69) is 217 Å². The Morgan fingerprint density at radius 2 is 0.983 bits per heavy atom. The summed E-state index contributed by atoms with van der Waals surface area (Å²) in [6, 6.07) is 77.0. The highest BCUT2D eigenvalue weighted by molar-refractivity contribution is 7.25. The highest BCUT2D eigenvalue weighted by atomic mass is 32.1. The average molecular weight is 770 g/mol. The third kappa shape index (κ3) is 5.62. The van der Waals surface area contributed by atoms with Crippen molar-refractivity contribution in [2.24, 2.45) is 0 Å². The van der Waals surface area contributed by atoms with Crippen LogP contribution in [0.25, 0.3) is 97.0 Å². The van der Waals surface area contributed by atoms with Gasteiger partial charge < -0.3 is 9.32 Å². The predicted molar refractivity (Wildman–Crippen MR) is 253 cm³/mol. The molecule has 0 fully saturated rings. The number of anilines is 3. The zero-order valence-electron chi connectivity index (χ0n) is 32.0. The van der Waals surface area contributed by atoms with Crippen LogP contribution in [0.15, 0.2) is 217 Å². The molecular weight excluding hydrogens is 735 g/mol. The molecule has 0 N–H and O–H groups in total. The summed E-state index contributed by atoms with van der Waals surface area (Å²) in [6.07, 6.45) is 0. The van der Waals surface area contributed by atoms with Crippen LogP contribution in [0, 0.1) is 0 Å². The van der Waals surface area contributed by atoms with Gasteiger partial charge in [0.15, 0.2) is 0 Å². The molecule has 276 valence electrons. The molecule has 3 heteroatoms. The fourth-order valence-electron chi connectivity index (χ4n) is 9.00. The summed E-state index contributed by atoms with van der Waals surface area (Å²) in [4.78, 5) is 2.39. The Balaban J connectivity index is 0.990. The number of hydrogen-bond acceptors (Lipinski definition) is 3. The smallest absolute Gasteiger partial charge is 0.143 e. The number of nitrogens with zero attached hydrogens (tertiary/aromatic N) is 1. The first-order chi connectivity index (χ1) is 29.2. The molecule has 0 saturated carbocycles. The van der Waals surface area contributed by atoms with Crippen LogP contribution in [0.3, 0.4) is 0 Å². The molecule has 12 rings (SSSR count). The second-order valence-corrected chi connectivity index (χ2v) is 16.3. The van der Waals surface area contributed by atoms with Gasteiger partial charge in [0.1, 0.15) is 11.2 Å². The van der Waals surface area contributed by atoms with E-state index in [0.29, 0.717) is 0 Å². The Bertz CT molecular complexity index is 3550. The van der Waals surface area contributed by atoms with Gasteiger partial charge in [-0.25, -0.2) is 0 Å². The van der Waals surface area contributed by atoms with E-state index in [1.807, 2.05) is 11.3 Å². The molecular formula is C56H35NOS. The van der Waals surface area contributed by atoms with Gasteiger partial charge in [-0.3, -0.25) is 0 Å². The van der Waals surface area contributed by atoms with Gasteiger partial charge in [-0.2, -0.15) is 0 Å². The van der Waals surface area contributed by atoms with E-state index in [4.69, 9.17) is 4.42 Å². The SMILES string of the molecule is c1cc(-c2ccc3sc4ccccc4c3c2)cc(N(c2ccc(-c3ccc(-c4cccc5ccccc45)cc3)cc2)c2cccc3oc4c5ccccc5ccc4c23)c1. The fraction of sp³-hybridized carbons (Fsp3) is 0. The number of fused-ring (bicyclic) bond motifs is 9. The minimum absolute atomic E-state index is 0.868. The summed E-state index contributed by atoms with van der Waals surface area (Å²) in [5.74, 6) is 0. The lowest BCUT2D eigenvalue weighted by molar-refractivity contribution is 0.672. The van der Waals surface area contributed by atoms with Crippen LogP contribution in [0.4, 0.5) is 17.1 Å². The van der Waals surface area contributed by atoms with Gasteiger partial charge in [-0.05, 0) is 110 Å². The van der Waals surface area contributed by atoms with Crippen molar-refractivity contribution in [1.82, 2.24) is 0 Å². The van der Waals surface area contributed by atoms with Crippen molar-refractivity contribution >= 4 is 92.1 Å². The van der Waals surface area contributed by atoms with Crippen molar-refractivity contribution in [2.45, 2.75) is 0 Å². The van der Waals surface area contributed by atoms with Crippen molar-refractivity contribution in [3.8, 4) is 33.4 Å². The molecule has 0 radical (unpaired) electrons. The lowest BCUT2D eigenvalue weighted by atomic mass is 9.96. The zero-order valence-corrected chi connectivity index (χ0v) is 32.8. The highest BCUT2D eigenvalue weighted by Gasteiger charge is 2.21. The van der Waals surface area contributed by atoms with Crippen LogP contribution in [-0.2, 0) is 0 Å². The summed E-state index contributed by atoms with van der Waals surface area (Å²) >= 11 is 1.85. The van der Waals surface area contributed by atoms with E-state index in [1.54, 1.807) is 0 Å². The first-order valence-electron chi connectivity index (χ1n) is 20.1. The van der Waals surface area contributed by atoms with Crippen molar-refractivity contribution in [3.05, 3.63) is 212 Å². The molecule has 0 unspecified atom stereocenters. The monoisotopic (exact) mass is 769 g/mol. The first-order valence-corrected chi connectivity index (χ1v) is 20.9. The molecule has 0 aliphatic heterocycles. The molecule has 0 aliphatic rings. The van der Waals surface area contributed by atoms with Gasteiger partial charge >= 0.3 is 0 Å². The van der Waals surface area contributed by atoms with E-state index < -0.39 is 0 Å². The minimum Gasteiger partial charge on any atom is -0.455 e. The van der Waals surface area contributed by atoms with Gasteiger partial charge in [0.05, 0.1) is 11.1 Å². The van der Waals surface area contributed by atoms with Gasteiger partial charge in [0.25, 0.3) is 0 Å². The predicted octanol–water partition coefficient (Wildman–Crippen LogP) is 16.7. The molecule has 0 atom stereocenters. The maximum Gasteiger partial charge on any atom is 0.143 e. The fourth-order valence-corrected chi connectivity index (χ4v) is 10.1. The van der Waals surface area contributed by atoms with Crippen LogP contribution in [0.1, 0.15) is 0 Å². The zero-order chi connectivity index (χ0) is 38.9. The Labute approximate surface area is 345 Å². The molecule has 0 spiro atoms. The van der Waals surface area contributed by atoms with Crippen LogP contribution in [0.2, 0.25) is 0 Å². The lowest BCUT2D eigenvalue weighted by Gasteiger charge is -2.27. The normalized spacial score (nSPS) is 11.7. The maximum absolute atomic E-state index is 6.71. The third-order valence-corrected chi connectivity index (χ3v) is 13.0. The van der Waals surface area contributed by atoms with Crippen LogP contribution >= 0.6 is 11.3 Å². The van der Waals surface area contributed by atoms with E-state index in [1.165, 1.54) is 69.7 Å². The quantitative estimate of drug-likeness (QED) is 0.167. The van der Waals surface area contributed by atoms with E-state index in [0.717, 1.165) is 44.4 Å². The number of benzene rings is 10. The molecule has 2 heterocycles. The Kier molecular flexibility index (Phi) is 7.75. The van der Waals surface area contributed by atoms with E-state index in [9.17, 15) is 0 Å². The number of rotatable bonds is 6. The topological polar surface area (TPSA) is 16.4 Å². The first kappa shape index (κ1) is 33.7. The summed E-state index contributed by atoms with van der Waals surface area (Å²) in [6.45, 7) is 0. The summed E-state index contributed by atoms with van der Waals surface area (Å²) in [7, 11) is 0. The third-order valence-electron chi connectivity index (χ3n) is 11.9. The Morgan fingerprint density at radius 1 is 0.356 bits per heavy atom. The van der Waals surface area contributed by atoms with Crippen molar-refractivity contribution < 1.29 is 4.42 Å². The number of hydrogen-bond donors (Lipinski definition) is 0. The molecule has 59 heavy (non-hydrogen) atoms. The molecule has 12 aromatic rings. The summed E-state index contributed by atoms with van der Waals surface area (Å²) in [5, 5.41) is 9.62. The Morgan fingerprint density at radius 3 is 1.83 bits per heavy atom. The lowest BCUT2D eigenvalue weighted by Crippen LogP contribution is -2.10. The largest absolute Gasteiger partial charge is 0.455 e. The molecule has 0 amide bonds. The summed E-state index contributed by atoms with van der Waals surface area (Å²) in [5.41, 5.74) is 12.2. The van der Waals surface area contributed by atoms with Gasteiger partial charge in [0, 0.05) is 42.3 Å². The van der Waals surface area contributed by atoms with Crippen molar-refractivity contribution in [2.75, 3.05) is 4.90 Å². The molecule has 0 bridgehead atoms. The van der Waals surface area contributed by atoms with Gasteiger partial charge in [-0.15, -0.1) is 11.3 Å². The second kappa shape index (κ2) is 13.6. The molecule has 0 saturated heterocycles. The van der Waals surface area contributed by atoms with E-state index in [-0.39, 0.29) is 0 Å². The van der Waals surface area contributed by atoms with Crippen LogP contribution < -0.4 is 4.90 Å². The molecule has 2 nitrogen and oxygen atoms in total. The van der Waals surface area contributed by atoms with E-state index >= 15 is 0 Å². The average Bonchev–Trinajstić information content (AvgIpc) is 3.88. The van der Waals surface area contributed by atoms with Gasteiger partial charge in [-0.1, -0.05) is 152 Å². The number of furan rings is 1. The van der Waals surface area contributed by atoms with Gasteiger partial charge in [0.2, 0.25) is 0 Å². The van der Waals surface area contributed by atoms with Crippen molar-refractivity contribution in [3.63, 3.8) is 0 Å². The standard InChI is InChI=1S/C56H35NOS/c1-3-15-45-38(10-1)12-8-18-46(45)40-24-22-36(23-25-40)37-26-30-43(31-27-37)57(51-19-9-20-52-55(51)49-32-28-39-11-2-4-16-47(39)56(49)58-52)44-14-7-13-41(34-44)42-29-33-54-50(35-42)48-17-5-6-21-53(48)59-54/h1-35H. The Hall–Kier alpha value is -7.46. The molecule has 0 aliphatic carbocycles. The summed E-state index contributed by atoms with van der Waals surface area (Å²) < 4.78 is 9.33. The van der Waals surface area contributed by atoms with Crippen LogP contribution in [-0.4, -0.2) is 0 Å². The van der Waals surface area contributed by atoms with Crippen LogP contribution in [0.5, 0.6) is 0 Å². The second-order valence-electron chi connectivity index (χ2n) is 15.3. The maximum atomic E-state index is 6.71. The minimum atomic E-state index is 0.868. The van der Waals surface area contributed by atoms with Crippen molar-refractivity contribution in [1.29, 1.82) is 0 Å². The highest BCUT2D eigenvalue weighted by Crippen LogP contribution is 2.46.